The maximum absolute atomic E-state index is 4.78. The molecular weight excluding hydrogens is 232 g/mol. The van der Waals surface area contributed by atoms with Gasteiger partial charge in [0.15, 0.2) is 0 Å². The fourth-order valence-corrected chi connectivity index (χ4v) is 2.76. The van der Waals surface area contributed by atoms with Gasteiger partial charge in [-0.2, -0.15) is 0 Å². The van der Waals surface area contributed by atoms with Gasteiger partial charge in [-0.05, 0) is 18.1 Å². The second-order valence-corrected chi connectivity index (χ2v) is 4.91. The van der Waals surface area contributed by atoms with E-state index in [2.05, 4.69) is 59.3 Å². The molecule has 2 heteroatoms. The maximum atomic E-state index is 4.78. The molecule has 2 aromatic carbocycles. The van der Waals surface area contributed by atoms with E-state index in [1.54, 1.807) is 0 Å². The standard InChI is InChI=1S/C17H14N2/c1-2-6-13(7-3-1)15-12-19-16-9-5-4-8-14(16)10-11-17(19)18-15/h1-9,12H,10-11H2. The first-order valence-electron chi connectivity index (χ1n) is 6.64. The van der Waals surface area contributed by atoms with Crippen LogP contribution >= 0.6 is 0 Å². The van der Waals surface area contributed by atoms with Crippen LogP contribution in [0.3, 0.4) is 0 Å². The highest BCUT2D eigenvalue weighted by molar-refractivity contribution is 5.60. The minimum Gasteiger partial charge on any atom is -0.303 e. The highest BCUT2D eigenvalue weighted by atomic mass is 15.1. The van der Waals surface area contributed by atoms with Gasteiger partial charge in [0.25, 0.3) is 0 Å². The van der Waals surface area contributed by atoms with Crippen LogP contribution in [0.15, 0.2) is 60.8 Å². The van der Waals surface area contributed by atoms with Crippen molar-refractivity contribution in [3.8, 4) is 16.9 Å². The summed E-state index contributed by atoms with van der Waals surface area (Å²) in [6.07, 6.45) is 4.26. The Morgan fingerprint density at radius 3 is 2.53 bits per heavy atom. The molecule has 0 aliphatic carbocycles. The fraction of sp³-hybridized carbons (Fsp3) is 0.118. The quantitative estimate of drug-likeness (QED) is 0.641. The van der Waals surface area contributed by atoms with E-state index < -0.39 is 0 Å². The SMILES string of the molecule is c1ccc(-c2cn3c(n2)CCc2ccccc2-3)cc1. The highest BCUT2D eigenvalue weighted by Crippen LogP contribution is 2.27. The third kappa shape index (κ3) is 1.68. The van der Waals surface area contributed by atoms with Crippen molar-refractivity contribution in [1.82, 2.24) is 9.55 Å². The Hall–Kier alpha value is -2.35. The summed E-state index contributed by atoms with van der Waals surface area (Å²) in [7, 11) is 0. The fourth-order valence-electron chi connectivity index (χ4n) is 2.76. The van der Waals surface area contributed by atoms with E-state index in [1.165, 1.54) is 16.8 Å². The van der Waals surface area contributed by atoms with Crippen LogP contribution < -0.4 is 0 Å². The molecule has 0 radical (unpaired) electrons. The minimum atomic E-state index is 1.02. The summed E-state index contributed by atoms with van der Waals surface area (Å²) in [5.74, 6) is 1.16. The lowest BCUT2D eigenvalue weighted by atomic mass is 10.0. The molecule has 19 heavy (non-hydrogen) atoms. The third-order valence-corrected chi connectivity index (χ3v) is 3.72. The largest absolute Gasteiger partial charge is 0.303 e. The van der Waals surface area contributed by atoms with Crippen molar-refractivity contribution in [3.63, 3.8) is 0 Å². The lowest BCUT2D eigenvalue weighted by molar-refractivity contribution is 0.778. The van der Waals surface area contributed by atoms with Crippen molar-refractivity contribution in [1.29, 1.82) is 0 Å². The molecule has 0 atom stereocenters. The van der Waals surface area contributed by atoms with Crippen LogP contribution in [0.4, 0.5) is 0 Å². The second-order valence-electron chi connectivity index (χ2n) is 4.91. The summed E-state index contributed by atoms with van der Waals surface area (Å²) in [6.45, 7) is 0. The van der Waals surface area contributed by atoms with Gasteiger partial charge in [0.05, 0.1) is 5.69 Å². The number of aromatic nitrogens is 2. The molecule has 1 aromatic heterocycles. The van der Waals surface area contributed by atoms with Gasteiger partial charge in [-0.25, -0.2) is 4.98 Å². The van der Waals surface area contributed by atoms with E-state index in [0.29, 0.717) is 0 Å². The number of hydrogen-bond acceptors (Lipinski definition) is 1. The van der Waals surface area contributed by atoms with E-state index in [9.17, 15) is 0 Å². The molecule has 0 bridgehead atoms. The Morgan fingerprint density at radius 1 is 0.842 bits per heavy atom. The van der Waals surface area contributed by atoms with Gasteiger partial charge in [-0.15, -0.1) is 0 Å². The molecule has 92 valence electrons. The Bertz CT molecular complexity index is 726. The lowest BCUT2D eigenvalue weighted by Crippen LogP contribution is -2.11. The van der Waals surface area contributed by atoms with Crippen LogP contribution in [-0.2, 0) is 12.8 Å². The van der Waals surface area contributed by atoms with Crippen molar-refractivity contribution in [2.75, 3.05) is 0 Å². The number of fused-ring (bicyclic) bond motifs is 3. The summed E-state index contributed by atoms with van der Waals surface area (Å²) in [5.41, 5.74) is 4.93. The third-order valence-electron chi connectivity index (χ3n) is 3.72. The number of rotatable bonds is 1. The van der Waals surface area contributed by atoms with Gasteiger partial charge in [0.2, 0.25) is 0 Å². The van der Waals surface area contributed by atoms with Crippen molar-refractivity contribution in [2.45, 2.75) is 12.8 Å². The molecule has 1 aliphatic rings. The van der Waals surface area contributed by atoms with Crippen LogP contribution in [-0.4, -0.2) is 9.55 Å². The summed E-state index contributed by atoms with van der Waals surface area (Å²) < 4.78 is 2.24. The predicted molar refractivity (Wildman–Crippen MR) is 76.4 cm³/mol. The first-order valence-corrected chi connectivity index (χ1v) is 6.64. The first-order chi connectivity index (χ1) is 9.42. The Labute approximate surface area is 112 Å². The Morgan fingerprint density at radius 2 is 1.63 bits per heavy atom. The average molecular weight is 246 g/mol. The molecule has 4 rings (SSSR count). The molecule has 0 N–H and O–H groups in total. The Kier molecular flexibility index (Phi) is 2.27. The molecule has 2 nitrogen and oxygen atoms in total. The van der Waals surface area contributed by atoms with Crippen LogP contribution in [0.25, 0.3) is 16.9 Å². The number of para-hydroxylation sites is 1. The molecule has 0 unspecified atom stereocenters. The summed E-state index contributed by atoms with van der Waals surface area (Å²) in [6, 6.07) is 19.0. The second kappa shape index (κ2) is 4.09. The molecule has 0 amide bonds. The van der Waals surface area contributed by atoms with Crippen molar-refractivity contribution in [3.05, 3.63) is 72.2 Å². The van der Waals surface area contributed by atoms with Gasteiger partial charge < -0.3 is 4.57 Å². The smallest absolute Gasteiger partial charge is 0.114 e. The number of hydrogen-bond donors (Lipinski definition) is 0. The number of nitrogens with zero attached hydrogens (tertiary/aromatic N) is 2. The van der Waals surface area contributed by atoms with E-state index in [-0.39, 0.29) is 0 Å². The highest BCUT2D eigenvalue weighted by Gasteiger charge is 2.17. The number of aryl methyl sites for hydroxylation is 2. The Balaban J connectivity index is 1.88. The number of benzene rings is 2. The van der Waals surface area contributed by atoms with E-state index in [1.807, 2.05) is 6.07 Å². The van der Waals surface area contributed by atoms with Crippen LogP contribution in [0.1, 0.15) is 11.4 Å². The number of imidazole rings is 1. The van der Waals surface area contributed by atoms with Crippen molar-refractivity contribution < 1.29 is 0 Å². The summed E-state index contributed by atoms with van der Waals surface area (Å²) in [4.78, 5) is 4.78. The normalized spacial score (nSPS) is 12.8. The van der Waals surface area contributed by atoms with E-state index in [4.69, 9.17) is 4.98 Å². The summed E-state index contributed by atoms with van der Waals surface area (Å²) in [5, 5.41) is 0. The average Bonchev–Trinajstić information content (AvgIpc) is 2.93. The monoisotopic (exact) mass is 246 g/mol. The topological polar surface area (TPSA) is 17.8 Å². The first kappa shape index (κ1) is 10.6. The van der Waals surface area contributed by atoms with Gasteiger partial charge in [-0.3, -0.25) is 0 Å². The van der Waals surface area contributed by atoms with E-state index >= 15 is 0 Å². The molecule has 3 aromatic rings. The summed E-state index contributed by atoms with van der Waals surface area (Å²) >= 11 is 0. The van der Waals surface area contributed by atoms with Gasteiger partial charge in [0, 0.05) is 23.9 Å². The molecular formula is C17H14N2. The zero-order chi connectivity index (χ0) is 12.7. The van der Waals surface area contributed by atoms with Crippen LogP contribution in [0.2, 0.25) is 0 Å². The molecule has 0 fully saturated rings. The minimum absolute atomic E-state index is 1.02. The lowest BCUT2D eigenvalue weighted by Gasteiger charge is -2.17. The van der Waals surface area contributed by atoms with E-state index in [0.717, 1.165) is 24.4 Å². The van der Waals surface area contributed by atoms with Gasteiger partial charge in [-0.1, -0.05) is 48.5 Å². The molecule has 1 aliphatic heterocycles. The zero-order valence-electron chi connectivity index (χ0n) is 10.6. The van der Waals surface area contributed by atoms with Gasteiger partial charge >= 0.3 is 0 Å². The zero-order valence-corrected chi connectivity index (χ0v) is 10.6. The van der Waals surface area contributed by atoms with Crippen LogP contribution in [0, 0.1) is 0 Å². The molecule has 0 spiro atoms. The molecule has 0 saturated carbocycles. The molecule has 2 heterocycles. The van der Waals surface area contributed by atoms with Crippen molar-refractivity contribution in [2.24, 2.45) is 0 Å². The predicted octanol–water partition coefficient (Wildman–Crippen LogP) is 3.64. The molecule has 0 saturated heterocycles. The maximum Gasteiger partial charge on any atom is 0.114 e. The van der Waals surface area contributed by atoms with Crippen LogP contribution in [0.5, 0.6) is 0 Å². The van der Waals surface area contributed by atoms with Gasteiger partial charge in [0.1, 0.15) is 5.82 Å². The van der Waals surface area contributed by atoms with Crippen molar-refractivity contribution >= 4 is 0 Å².